The summed E-state index contributed by atoms with van der Waals surface area (Å²) in [5, 5.41) is 3.03. The molecular formula is C21H27N3O3. The Morgan fingerprint density at radius 2 is 1.85 bits per heavy atom. The Labute approximate surface area is 160 Å². The number of amides is 1. The van der Waals surface area contributed by atoms with E-state index in [-0.39, 0.29) is 18.6 Å². The lowest BCUT2D eigenvalue weighted by molar-refractivity contribution is -0.124. The maximum absolute atomic E-state index is 12.2. The normalized spacial score (nSPS) is 15.7. The van der Waals surface area contributed by atoms with E-state index in [4.69, 9.17) is 15.2 Å². The van der Waals surface area contributed by atoms with Gasteiger partial charge in [-0.1, -0.05) is 25.3 Å². The number of rotatable bonds is 8. The number of ether oxygens (including phenoxy) is 2. The second-order valence-corrected chi connectivity index (χ2v) is 6.84. The van der Waals surface area contributed by atoms with Crippen LogP contribution in [0.3, 0.4) is 0 Å². The summed E-state index contributed by atoms with van der Waals surface area (Å²) in [6, 6.07) is 12.6. The van der Waals surface area contributed by atoms with Crippen LogP contribution in [0.15, 0.2) is 48.7 Å². The second kappa shape index (κ2) is 9.92. The van der Waals surface area contributed by atoms with E-state index in [9.17, 15) is 4.79 Å². The number of pyridine rings is 1. The maximum atomic E-state index is 12.2. The number of benzene rings is 1. The molecule has 1 amide bonds. The van der Waals surface area contributed by atoms with Gasteiger partial charge in [-0.15, -0.1) is 0 Å². The first-order valence-electron chi connectivity index (χ1n) is 9.56. The molecule has 0 saturated heterocycles. The van der Waals surface area contributed by atoms with Gasteiger partial charge in [0, 0.05) is 24.8 Å². The van der Waals surface area contributed by atoms with Gasteiger partial charge in [-0.05, 0) is 49.1 Å². The van der Waals surface area contributed by atoms with Crippen LogP contribution >= 0.6 is 0 Å². The van der Waals surface area contributed by atoms with Gasteiger partial charge in [0.05, 0.1) is 0 Å². The molecule has 144 valence electrons. The smallest absolute Gasteiger partial charge is 0.258 e. The van der Waals surface area contributed by atoms with Crippen LogP contribution in [0.1, 0.15) is 32.1 Å². The molecule has 3 rings (SSSR count). The minimum absolute atomic E-state index is 0.0241. The van der Waals surface area contributed by atoms with Crippen molar-refractivity contribution < 1.29 is 14.3 Å². The molecule has 1 aliphatic rings. The summed E-state index contributed by atoms with van der Waals surface area (Å²) < 4.78 is 11.2. The van der Waals surface area contributed by atoms with Gasteiger partial charge in [0.25, 0.3) is 5.91 Å². The van der Waals surface area contributed by atoms with Gasteiger partial charge in [-0.3, -0.25) is 4.79 Å². The van der Waals surface area contributed by atoms with Crippen LogP contribution in [0.25, 0.3) is 0 Å². The number of carbonyl (C=O) groups excluding carboxylic acids is 1. The Bertz CT molecular complexity index is 700. The van der Waals surface area contributed by atoms with Gasteiger partial charge < -0.3 is 20.5 Å². The van der Waals surface area contributed by atoms with Gasteiger partial charge in [0.1, 0.15) is 11.5 Å². The lowest BCUT2D eigenvalue weighted by atomic mass is 9.84. The molecule has 27 heavy (non-hydrogen) atoms. The molecule has 0 aliphatic heterocycles. The standard InChI is InChI=1S/C21H27N3O3/c22-14-19(16-6-2-1-3-7-16)24-20(25)15-26-17-9-11-18(12-10-17)27-21-8-4-5-13-23-21/h4-5,8-13,16,19H,1-3,6-7,14-15,22H2,(H,24,25). The minimum Gasteiger partial charge on any atom is -0.484 e. The van der Waals surface area contributed by atoms with E-state index in [0.717, 1.165) is 12.8 Å². The summed E-state index contributed by atoms with van der Waals surface area (Å²) in [4.78, 5) is 16.3. The molecule has 0 bridgehead atoms. The van der Waals surface area contributed by atoms with Gasteiger partial charge >= 0.3 is 0 Å². The Hall–Kier alpha value is -2.60. The quantitative estimate of drug-likeness (QED) is 0.746. The van der Waals surface area contributed by atoms with Crippen molar-refractivity contribution in [1.82, 2.24) is 10.3 Å². The Morgan fingerprint density at radius 1 is 1.11 bits per heavy atom. The topological polar surface area (TPSA) is 86.5 Å². The van der Waals surface area contributed by atoms with E-state index in [0.29, 0.717) is 29.8 Å². The maximum Gasteiger partial charge on any atom is 0.258 e. The molecule has 6 heteroatoms. The highest BCUT2D eigenvalue weighted by molar-refractivity contribution is 5.77. The van der Waals surface area contributed by atoms with Crippen molar-refractivity contribution in [2.24, 2.45) is 11.7 Å². The summed E-state index contributed by atoms with van der Waals surface area (Å²) in [6.07, 6.45) is 7.68. The molecule has 2 aromatic rings. The van der Waals surface area contributed by atoms with Gasteiger partial charge in [0.15, 0.2) is 6.61 Å². The second-order valence-electron chi connectivity index (χ2n) is 6.84. The number of hydrogen-bond donors (Lipinski definition) is 2. The Balaban J connectivity index is 1.45. The van der Waals surface area contributed by atoms with Crippen LogP contribution in [0.4, 0.5) is 0 Å². The van der Waals surface area contributed by atoms with Gasteiger partial charge in [-0.2, -0.15) is 0 Å². The zero-order valence-electron chi connectivity index (χ0n) is 15.5. The molecule has 0 spiro atoms. The van der Waals surface area contributed by atoms with Crippen molar-refractivity contribution >= 4 is 5.91 Å². The van der Waals surface area contributed by atoms with Crippen LogP contribution in [-0.4, -0.2) is 30.1 Å². The summed E-state index contributed by atoms with van der Waals surface area (Å²) >= 11 is 0. The number of nitrogens with zero attached hydrogens (tertiary/aromatic N) is 1. The van der Waals surface area contributed by atoms with Crippen LogP contribution in [-0.2, 0) is 4.79 Å². The van der Waals surface area contributed by atoms with Crippen molar-refractivity contribution in [2.45, 2.75) is 38.1 Å². The van der Waals surface area contributed by atoms with Crippen LogP contribution in [0, 0.1) is 5.92 Å². The molecule has 1 unspecified atom stereocenters. The van der Waals surface area contributed by atoms with Crippen molar-refractivity contribution in [3.05, 3.63) is 48.7 Å². The lowest BCUT2D eigenvalue weighted by Crippen LogP contribution is -2.47. The summed E-state index contributed by atoms with van der Waals surface area (Å²) in [7, 11) is 0. The van der Waals surface area contributed by atoms with E-state index < -0.39 is 0 Å². The fourth-order valence-corrected chi connectivity index (χ4v) is 3.44. The van der Waals surface area contributed by atoms with Crippen molar-refractivity contribution in [1.29, 1.82) is 0 Å². The van der Waals surface area contributed by atoms with Crippen molar-refractivity contribution in [2.75, 3.05) is 13.2 Å². The molecule has 1 atom stereocenters. The SMILES string of the molecule is NCC(NC(=O)COc1ccc(Oc2ccccn2)cc1)C1CCCCC1. The molecular weight excluding hydrogens is 342 g/mol. The molecule has 1 fully saturated rings. The first-order chi connectivity index (χ1) is 13.2. The van der Waals surface area contributed by atoms with Crippen LogP contribution in [0.2, 0.25) is 0 Å². The number of nitrogens with one attached hydrogen (secondary N) is 1. The lowest BCUT2D eigenvalue weighted by Gasteiger charge is -2.30. The Morgan fingerprint density at radius 3 is 2.52 bits per heavy atom. The van der Waals surface area contributed by atoms with Gasteiger partial charge in [0.2, 0.25) is 5.88 Å². The molecule has 3 N–H and O–H groups in total. The number of nitrogens with two attached hydrogens (primary N) is 1. The molecule has 1 saturated carbocycles. The van der Waals surface area contributed by atoms with E-state index in [1.165, 1.54) is 19.3 Å². The molecule has 0 radical (unpaired) electrons. The third-order valence-corrected chi connectivity index (χ3v) is 4.87. The highest BCUT2D eigenvalue weighted by Gasteiger charge is 2.24. The van der Waals surface area contributed by atoms with Crippen molar-refractivity contribution in [3.8, 4) is 17.4 Å². The number of carbonyl (C=O) groups is 1. The molecule has 1 aliphatic carbocycles. The van der Waals surface area contributed by atoms with E-state index >= 15 is 0 Å². The van der Waals surface area contributed by atoms with Crippen LogP contribution in [0.5, 0.6) is 17.4 Å². The molecule has 1 heterocycles. The average molecular weight is 369 g/mol. The van der Waals surface area contributed by atoms with E-state index in [2.05, 4.69) is 10.3 Å². The third kappa shape index (κ3) is 5.96. The fraction of sp³-hybridized carbons (Fsp3) is 0.429. The zero-order chi connectivity index (χ0) is 18.9. The molecule has 1 aromatic heterocycles. The highest BCUT2D eigenvalue weighted by Crippen LogP contribution is 2.26. The monoisotopic (exact) mass is 369 g/mol. The average Bonchev–Trinajstić information content (AvgIpc) is 2.73. The van der Waals surface area contributed by atoms with Gasteiger partial charge in [-0.25, -0.2) is 4.98 Å². The van der Waals surface area contributed by atoms with Crippen molar-refractivity contribution in [3.63, 3.8) is 0 Å². The minimum atomic E-state index is -0.134. The zero-order valence-corrected chi connectivity index (χ0v) is 15.5. The first kappa shape index (κ1) is 19.2. The van der Waals surface area contributed by atoms with E-state index in [1.54, 1.807) is 36.5 Å². The fourth-order valence-electron chi connectivity index (χ4n) is 3.44. The first-order valence-corrected chi connectivity index (χ1v) is 9.56. The summed E-state index contributed by atoms with van der Waals surface area (Å²) in [6.45, 7) is 0.444. The predicted octanol–water partition coefficient (Wildman–Crippen LogP) is 3.28. The largest absolute Gasteiger partial charge is 0.484 e. The summed E-state index contributed by atoms with van der Waals surface area (Å²) in [5.74, 6) is 2.15. The highest BCUT2D eigenvalue weighted by atomic mass is 16.5. The van der Waals surface area contributed by atoms with E-state index in [1.807, 2.05) is 12.1 Å². The number of hydrogen-bond acceptors (Lipinski definition) is 5. The number of aromatic nitrogens is 1. The van der Waals surface area contributed by atoms with Crippen LogP contribution < -0.4 is 20.5 Å². The molecule has 1 aromatic carbocycles. The Kier molecular flexibility index (Phi) is 7.04. The summed E-state index contributed by atoms with van der Waals surface area (Å²) in [5.41, 5.74) is 5.86. The third-order valence-electron chi connectivity index (χ3n) is 4.87. The molecule has 6 nitrogen and oxygen atoms in total. The predicted molar refractivity (Wildman–Crippen MR) is 104 cm³/mol.